The topological polar surface area (TPSA) is 74.2 Å². The van der Waals surface area contributed by atoms with Crippen LogP contribution in [0.4, 0.5) is 5.82 Å². The Morgan fingerprint density at radius 3 is 3.12 bits per heavy atom. The van der Waals surface area contributed by atoms with Gasteiger partial charge in [-0.05, 0) is 37.3 Å². The molecule has 4 nitrogen and oxygen atoms in total. The fourth-order valence-corrected chi connectivity index (χ4v) is 2.16. The van der Waals surface area contributed by atoms with Gasteiger partial charge in [-0.2, -0.15) is 0 Å². The number of aromatic nitrogens is 1. The normalized spacial score (nSPS) is 22.2. The van der Waals surface area contributed by atoms with Crippen LogP contribution >= 0.6 is 0 Å². The van der Waals surface area contributed by atoms with Gasteiger partial charge in [-0.1, -0.05) is 6.07 Å². The fourth-order valence-electron chi connectivity index (χ4n) is 2.16. The Hall–Kier alpha value is -1.13. The maximum absolute atomic E-state index is 6.09. The van der Waals surface area contributed by atoms with Crippen molar-refractivity contribution in [1.29, 1.82) is 0 Å². The molecule has 0 saturated carbocycles. The Kier molecular flexibility index (Phi) is 3.74. The van der Waals surface area contributed by atoms with Crippen LogP contribution in [0.1, 0.15) is 24.8 Å². The third-order valence-corrected chi connectivity index (χ3v) is 3.00. The molecule has 4 heteroatoms. The second-order valence-electron chi connectivity index (χ2n) is 4.38. The summed E-state index contributed by atoms with van der Waals surface area (Å²) in [4.78, 5) is 4.05. The van der Waals surface area contributed by atoms with Crippen molar-refractivity contribution in [2.45, 2.75) is 37.8 Å². The van der Waals surface area contributed by atoms with Crippen LogP contribution < -0.4 is 11.5 Å². The van der Waals surface area contributed by atoms with Crippen molar-refractivity contribution in [3.05, 3.63) is 23.9 Å². The number of pyridine rings is 1. The van der Waals surface area contributed by atoms with Gasteiger partial charge in [0.2, 0.25) is 0 Å². The minimum absolute atomic E-state index is 0.106. The van der Waals surface area contributed by atoms with E-state index in [1.165, 1.54) is 0 Å². The highest BCUT2D eigenvalue weighted by Crippen LogP contribution is 2.18. The van der Waals surface area contributed by atoms with E-state index >= 15 is 0 Å². The molecule has 0 aromatic carbocycles. The van der Waals surface area contributed by atoms with E-state index in [0.717, 1.165) is 37.9 Å². The van der Waals surface area contributed by atoms with Gasteiger partial charge in [0, 0.05) is 18.8 Å². The smallest absolute Gasteiger partial charge is 0.126 e. The summed E-state index contributed by atoms with van der Waals surface area (Å²) >= 11 is 0. The quantitative estimate of drug-likeness (QED) is 0.798. The monoisotopic (exact) mass is 221 g/mol. The fraction of sp³-hybridized carbons (Fsp3) is 0.583. The molecule has 2 atom stereocenters. The summed E-state index contributed by atoms with van der Waals surface area (Å²) in [5, 5.41) is 0. The molecule has 2 heterocycles. The molecule has 1 saturated heterocycles. The van der Waals surface area contributed by atoms with Crippen LogP contribution in [-0.4, -0.2) is 23.7 Å². The molecular formula is C12H19N3O. The molecule has 88 valence electrons. The van der Waals surface area contributed by atoms with Crippen LogP contribution in [0, 0.1) is 0 Å². The van der Waals surface area contributed by atoms with Crippen molar-refractivity contribution in [1.82, 2.24) is 4.98 Å². The van der Waals surface area contributed by atoms with Gasteiger partial charge in [-0.3, -0.25) is 0 Å². The van der Waals surface area contributed by atoms with Crippen LogP contribution in [0.25, 0.3) is 0 Å². The first-order valence-corrected chi connectivity index (χ1v) is 5.82. The predicted molar refractivity (Wildman–Crippen MR) is 63.9 cm³/mol. The lowest BCUT2D eigenvalue weighted by Gasteiger charge is -2.16. The van der Waals surface area contributed by atoms with E-state index in [2.05, 4.69) is 4.98 Å². The van der Waals surface area contributed by atoms with E-state index in [1.807, 2.05) is 12.1 Å². The zero-order valence-electron chi connectivity index (χ0n) is 9.43. The van der Waals surface area contributed by atoms with Crippen molar-refractivity contribution < 1.29 is 4.74 Å². The first-order chi connectivity index (χ1) is 7.75. The molecule has 4 N–H and O–H groups in total. The van der Waals surface area contributed by atoms with Gasteiger partial charge in [-0.15, -0.1) is 0 Å². The molecule has 0 spiro atoms. The van der Waals surface area contributed by atoms with Crippen LogP contribution in [-0.2, 0) is 11.2 Å². The molecule has 0 aliphatic carbocycles. The Morgan fingerprint density at radius 1 is 1.56 bits per heavy atom. The maximum atomic E-state index is 6.09. The van der Waals surface area contributed by atoms with E-state index in [1.54, 1.807) is 6.20 Å². The van der Waals surface area contributed by atoms with E-state index in [0.29, 0.717) is 11.9 Å². The third-order valence-electron chi connectivity index (χ3n) is 3.00. The summed E-state index contributed by atoms with van der Waals surface area (Å²) in [7, 11) is 0. The molecule has 1 aliphatic rings. The van der Waals surface area contributed by atoms with Gasteiger partial charge in [0.25, 0.3) is 0 Å². The standard InChI is InChI=1S/C12H19N3O/c13-10(8-11-4-2-6-16-11)7-9-3-1-5-15-12(9)14/h1,3,5,10-11H,2,4,6-8,13H2,(H2,14,15). The van der Waals surface area contributed by atoms with E-state index in [4.69, 9.17) is 16.2 Å². The number of ether oxygens (including phenoxy) is 1. The number of anilines is 1. The van der Waals surface area contributed by atoms with Crippen molar-refractivity contribution in [3.8, 4) is 0 Å². The van der Waals surface area contributed by atoms with Crippen LogP contribution in [0.5, 0.6) is 0 Å². The highest BCUT2D eigenvalue weighted by atomic mass is 16.5. The van der Waals surface area contributed by atoms with Gasteiger partial charge in [0.15, 0.2) is 0 Å². The van der Waals surface area contributed by atoms with Gasteiger partial charge in [-0.25, -0.2) is 4.98 Å². The molecular weight excluding hydrogens is 202 g/mol. The number of rotatable bonds is 4. The van der Waals surface area contributed by atoms with E-state index < -0.39 is 0 Å². The molecule has 1 fully saturated rings. The number of hydrogen-bond acceptors (Lipinski definition) is 4. The first kappa shape index (κ1) is 11.4. The summed E-state index contributed by atoms with van der Waals surface area (Å²) in [6.45, 7) is 0.881. The zero-order valence-corrected chi connectivity index (χ0v) is 9.43. The molecule has 0 amide bonds. The molecule has 2 rings (SSSR count). The summed E-state index contributed by atoms with van der Waals surface area (Å²) in [6, 6.07) is 3.98. The van der Waals surface area contributed by atoms with Crippen molar-refractivity contribution in [2.75, 3.05) is 12.3 Å². The minimum atomic E-state index is 0.106. The van der Waals surface area contributed by atoms with Gasteiger partial charge in [0.1, 0.15) is 5.82 Å². The molecule has 1 aromatic heterocycles. The van der Waals surface area contributed by atoms with Gasteiger partial charge in [0.05, 0.1) is 6.10 Å². The van der Waals surface area contributed by atoms with Gasteiger partial charge < -0.3 is 16.2 Å². The number of hydrogen-bond donors (Lipinski definition) is 2. The number of nitrogens with two attached hydrogens (primary N) is 2. The van der Waals surface area contributed by atoms with Gasteiger partial charge >= 0.3 is 0 Å². The summed E-state index contributed by atoms with van der Waals surface area (Å²) in [6.07, 6.45) is 6.02. The molecule has 2 unspecified atom stereocenters. The lowest BCUT2D eigenvalue weighted by molar-refractivity contribution is 0.0983. The highest BCUT2D eigenvalue weighted by Gasteiger charge is 2.19. The third kappa shape index (κ3) is 2.93. The van der Waals surface area contributed by atoms with Crippen LogP contribution in [0.15, 0.2) is 18.3 Å². The molecule has 16 heavy (non-hydrogen) atoms. The second kappa shape index (κ2) is 5.27. The SMILES string of the molecule is Nc1ncccc1CC(N)CC1CCCO1. The first-order valence-electron chi connectivity index (χ1n) is 5.82. The highest BCUT2D eigenvalue weighted by molar-refractivity contribution is 5.38. The molecule has 0 bridgehead atoms. The minimum Gasteiger partial charge on any atom is -0.383 e. The lowest BCUT2D eigenvalue weighted by Crippen LogP contribution is -2.28. The second-order valence-corrected chi connectivity index (χ2v) is 4.38. The summed E-state index contributed by atoms with van der Waals surface area (Å²) in [5.41, 5.74) is 12.9. The average Bonchev–Trinajstić information content (AvgIpc) is 2.74. The Balaban J connectivity index is 1.86. The lowest BCUT2D eigenvalue weighted by atomic mass is 10.0. The summed E-state index contributed by atoms with van der Waals surface area (Å²) in [5.74, 6) is 0.588. The van der Waals surface area contributed by atoms with Crippen LogP contribution in [0.2, 0.25) is 0 Å². The molecule has 0 radical (unpaired) electrons. The Bertz CT molecular complexity index is 337. The Morgan fingerprint density at radius 2 is 2.44 bits per heavy atom. The van der Waals surface area contributed by atoms with Crippen molar-refractivity contribution >= 4 is 5.82 Å². The predicted octanol–water partition coefficient (Wildman–Crippen LogP) is 1.10. The van der Waals surface area contributed by atoms with E-state index in [9.17, 15) is 0 Å². The number of nitrogen functional groups attached to an aromatic ring is 1. The largest absolute Gasteiger partial charge is 0.383 e. The van der Waals surface area contributed by atoms with Crippen LogP contribution in [0.3, 0.4) is 0 Å². The average molecular weight is 221 g/mol. The maximum Gasteiger partial charge on any atom is 0.126 e. The molecule has 1 aliphatic heterocycles. The van der Waals surface area contributed by atoms with Crippen molar-refractivity contribution in [3.63, 3.8) is 0 Å². The van der Waals surface area contributed by atoms with Crippen molar-refractivity contribution in [2.24, 2.45) is 5.73 Å². The Labute approximate surface area is 96.0 Å². The molecule has 1 aromatic rings. The number of nitrogens with zero attached hydrogens (tertiary/aromatic N) is 1. The van der Waals surface area contributed by atoms with E-state index in [-0.39, 0.29) is 6.04 Å². The summed E-state index contributed by atoms with van der Waals surface area (Å²) < 4.78 is 5.56. The zero-order chi connectivity index (χ0) is 11.4.